The van der Waals surface area contributed by atoms with E-state index in [1.807, 2.05) is 17.8 Å². The number of rotatable bonds is 15. The van der Waals surface area contributed by atoms with Gasteiger partial charge in [0, 0.05) is 24.4 Å². The summed E-state index contributed by atoms with van der Waals surface area (Å²) < 4.78 is 40.4. The van der Waals surface area contributed by atoms with Crippen LogP contribution in [0.3, 0.4) is 0 Å². The number of esters is 2. The molecule has 1 atom stereocenters. The number of carbonyl (C=O) groups excluding carboxylic acids is 2. The third-order valence-corrected chi connectivity index (χ3v) is 8.77. The fourth-order valence-electron chi connectivity index (χ4n) is 4.35. The van der Waals surface area contributed by atoms with E-state index in [-0.39, 0.29) is 6.04 Å². The molecule has 0 radical (unpaired) electrons. The number of unbranched alkanes of at least 4 members (excludes halogenated alkanes) is 3. The molecule has 2 heterocycles. The Morgan fingerprint density at radius 3 is 2.48 bits per heavy atom. The first-order chi connectivity index (χ1) is 19.0. The quantitative estimate of drug-likeness (QED) is 0.101. The first-order valence-corrected chi connectivity index (χ1v) is 15.5. The minimum absolute atomic E-state index is 0.00439. The molecule has 8 nitrogen and oxygen atoms in total. The first-order valence-electron chi connectivity index (χ1n) is 13.8. The summed E-state index contributed by atoms with van der Waals surface area (Å²) in [6.45, 7) is 5.60. The van der Waals surface area contributed by atoms with Crippen molar-refractivity contribution in [2.24, 2.45) is 0 Å². The summed E-state index contributed by atoms with van der Waals surface area (Å²) in [5.74, 6) is -3.03. The molecule has 2 N–H and O–H groups in total. The predicted molar refractivity (Wildman–Crippen MR) is 150 cm³/mol. The molecule has 0 bridgehead atoms. The summed E-state index contributed by atoms with van der Waals surface area (Å²) in [5.41, 5.74) is 1.74. The number of nitrogens with zero attached hydrogens (tertiary/aromatic N) is 3. The highest BCUT2D eigenvalue weighted by Gasteiger charge is 2.45. The zero-order valence-electron chi connectivity index (χ0n) is 23.2. The number of aromatic nitrogens is 3. The van der Waals surface area contributed by atoms with E-state index in [0.29, 0.717) is 23.3 Å². The largest absolute Gasteiger partial charge is 0.491 e. The van der Waals surface area contributed by atoms with Gasteiger partial charge in [0.2, 0.25) is 0 Å². The van der Waals surface area contributed by atoms with Gasteiger partial charge in [0.25, 0.3) is 0 Å². The van der Waals surface area contributed by atoms with Crippen molar-refractivity contribution < 1.29 is 27.5 Å². The van der Waals surface area contributed by atoms with Crippen LogP contribution in [0.25, 0.3) is 0 Å². The van der Waals surface area contributed by atoms with Crippen molar-refractivity contribution in [3.8, 4) is 0 Å². The van der Waals surface area contributed by atoms with Crippen LogP contribution in [-0.2, 0) is 20.7 Å². The van der Waals surface area contributed by atoms with E-state index in [9.17, 15) is 22.8 Å². The van der Waals surface area contributed by atoms with Gasteiger partial charge in [0.05, 0.1) is 29.8 Å². The second-order valence-corrected chi connectivity index (χ2v) is 13.2. The van der Waals surface area contributed by atoms with E-state index in [1.54, 1.807) is 0 Å². The third-order valence-electron chi connectivity index (χ3n) is 6.61. The lowest BCUT2D eigenvalue weighted by Crippen LogP contribution is -2.36. The third kappa shape index (κ3) is 10.3. The SMILES string of the molecule is CCCCCCC(NCCc1csc(SC(C)(C)C(=O)OC(=O)C(F)(F)F)n1)c1ncc(NC2CCCC2)cn1. The number of anilines is 1. The Balaban J connectivity index is 1.53. The monoisotopic (exact) mass is 601 g/mol. The number of carbonyl (C=O) groups is 2. The van der Waals surface area contributed by atoms with E-state index in [0.717, 1.165) is 54.7 Å². The van der Waals surface area contributed by atoms with Crippen molar-refractivity contribution in [1.82, 2.24) is 20.3 Å². The summed E-state index contributed by atoms with van der Waals surface area (Å²) in [6, 6.07) is 0.502. The predicted octanol–water partition coefficient (Wildman–Crippen LogP) is 6.63. The molecule has 13 heteroatoms. The zero-order chi connectivity index (χ0) is 29.2. The lowest BCUT2D eigenvalue weighted by atomic mass is 10.1. The summed E-state index contributed by atoms with van der Waals surface area (Å²) in [6.07, 6.45) is 9.46. The summed E-state index contributed by atoms with van der Waals surface area (Å²) >= 11 is 2.24. The van der Waals surface area contributed by atoms with Crippen molar-refractivity contribution >= 4 is 40.7 Å². The molecule has 2 aromatic rings. The van der Waals surface area contributed by atoms with Gasteiger partial charge in [-0.3, -0.25) is 4.79 Å². The molecule has 1 fully saturated rings. The van der Waals surface area contributed by atoms with Gasteiger partial charge >= 0.3 is 18.1 Å². The minimum Gasteiger partial charge on any atom is -0.385 e. The maximum absolute atomic E-state index is 12.4. The normalized spacial score (nSPS) is 15.2. The lowest BCUT2D eigenvalue weighted by Gasteiger charge is -2.20. The van der Waals surface area contributed by atoms with Gasteiger partial charge in [-0.2, -0.15) is 13.2 Å². The van der Waals surface area contributed by atoms with Gasteiger partial charge in [0.15, 0.2) is 4.34 Å². The summed E-state index contributed by atoms with van der Waals surface area (Å²) in [4.78, 5) is 37.0. The van der Waals surface area contributed by atoms with Gasteiger partial charge in [-0.25, -0.2) is 19.7 Å². The molecule has 40 heavy (non-hydrogen) atoms. The van der Waals surface area contributed by atoms with Gasteiger partial charge in [-0.1, -0.05) is 57.2 Å². The van der Waals surface area contributed by atoms with Crippen LogP contribution >= 0.6 is 23.1 Å². The molecule has 0 aliphatic heterocycles. The Morgan fingerprint density at radius 1 is 1.12 bits per heavy atom. The van der Waals surface area contributed by atoms with Crippen LogP contribution in [0, 0.1) is 0 Å². The fourth-order valence-corrected chi connectivity index (χ4v) is 6.61. The molecule has 0 spiro atoms. The van der Waals surface area contributed by atoms with Gasteiger partial charge < -0.3 is 15.4 Å². The van der Waals surface area contributed by atoms with E-state index < -0.39 is 22.9 Å². The summed E-state index contributed by atoms with van der Waals surface area (Å²) in [5, 5.41) is 8.93. The van der Waals surface area contributed by atoms with Crippen molar-refractivity contribution in [3.05, 3.63) is 29.3 Å². The number of halogens is 3. The molecule has 1 saturated carbocycles. The van der Waals surface area contributed by atoms with Crippen LogP contribution in [0.4, 0.5) is 18.9 Å². The molecule has 1 aliphatic rings. The fraction of sp³-hybridized carbons (Fsp3) is 0.667. The molecule has 0 aromatic carbocycles. The average molecular weight is 602 g/mol. The highest BCUT2D eigenvalue weighted by molar-refractivity contribution is 8.03. The first kappa shape index (κ1) is 32.3. The highest BCUT2D eigenvalue weighted by Crippen LogP contribution is 2.36. The molecule has 2 aromatic heterocycles. The smallest absolute Gasteiger partial charge is 0.385 e. The number of thiazole rings is 1. The Morgan fingerprint density at radius 2 is 1.82 bits per heavy atom. The Bertz CT molecular complexity index is 1090. The Labute approximate surface area is 241 Å². The van der Waals surface area contributed by atoms with Crippen molar-refractivity contribution in [1.29, 1.82) is 0 Å². The molecule has 0 saturated heterocycles. The van der Waals surface area contributed by atoms with Crippen LogP contribution in [0.1, 0.15) is 96.1 Å². The number of nitrogens with one attached hydrogen (secondary N) is 2. The van der Waals surface area contributed by atoms with Crippen LogP contribution < -0.4 is 10.6 Å². The van der Waals surface area contributed by atoms with E-state index in [4.69, 9.17) is 0 Å². The molecule has 0 amide bonds. The van der Waals surface area contributed by atoms with Crippen LogP contribution in [0.2, 0.25) is 0 Å². The van der Waals surface area contributed by atoms with Crippen LogP contribution in [0.15, 0.2) is 22.1 Å². The number of ether oxygens (including phenoxy) is 1. The highest BCUT2D eigenvalue weighted by atomic mass is 32.2. The van der Waals surface area contributed by atoms with Crippen LogP contribution in [0.5, 0.6) is 0 Å². The van der Waals surface area contributed by atoms with Crippen molar-refractivity contribution in [2.45, 2.75) is 112 Å². The van der Waals surface area contributed by atoms with E-state index in [1.165, 1.54) is 57.3 Å². The van der Waals surface area contributed by atoms with Gasteiger partial charge in [-0.15, -0.1) is 11.3 Å². The van der Waals surface area contributed by atoms with E-state index >= 15 is 0 Å². The zero-order valence-corrected chi connectivity index (χ0v) is 24.8. The maximum Gasteiger partial charge on any atom is 0.491 e. The second kappa shape index (κ2) is 15.1. The lowest BCUT2D eigenvalue weighted by molar-refractivity contribution is -0.202. The van der Waals surface area contributed by atoms with Gasteiger partial charge in [-0.05, 0) is 33.1 Å². The number of hydrogen-bond acceptors (Lipinski definition) is 10. The van der Waals surface area contributed by atoms with Crippen LogP contribution in [-0.4, -0.2) is 50.4 Å². The second-order valence-electron chi connectivity index (χ2n) is 10.5. The van der Waals surface area contributed by atoms with Crippen molar-refractivity contribution in [2.75, 3.05) is 11.9 Å². The van der Waals surface area contributed by atoms with Crippen molar-refractivity contribution in [3.63, 3.8) is 0 Å². The topological polar surface area (TPSA) is 106 Å². The number of thioether (sulfide) groups is 1. The molecule has 3 rings (SSSR count). The molecule has 1 aliphatic carbocycles. The number of hydrogen-bond donors (Lipinski definition) is 2. The minimum atomic E-state index is -5.23. The van der Waals surface area contributed by atoms with Gasteiger partial charge in [0.1, 0.15) is 10.6 Å². The standard InChI is InChI=1S/C27H38F3N5O3S2/c1-4-5-6-7-12-21(22-32-15-20(16-33-22)34-18-10-8-9-11-18)31-14-13-19-17-39-25(35-19)40-26(2,3)23(36)38-24(37)27(28,29)30/h15-18,21,31,34H,4-14H2,1-3H3. The molecular weight excluding hydrogens is 563 g/mol. The molecular formula is C27H38F3N5O3S2. The molecule has 222 valence electrons. The van der Waals surface area contributed by atoms with E-state index in [2.05, 4.69) is 37.2 Å². The Kier molecular flexibility index (Phi) is 12.2. The Hall–Kier alpha value is -2.25. The molecule has 1 unspecified atom stereocenters. The maximum atomic E-state index is 12.4. The summed E-state index contributed by atoms with van der Waals surface area (Å²) in [7, 11) is 0. The average Bonchev–Trinajstić information content (AvgIpc) is 3.57. The number of alkyl halides is 3.